The first-order valence-electron chi connectivity index (χ1n) is 18.5. The highest BCUT2D eigenvalue weighted by Crippen LogP contribution is 2.50. The maximum atomic E-state index is 13.4. The van der Waals surface area contributed by atoms with Crippen LogP contribution in [-0.2, 0) is 37.9 Å². The SMILES string of the molecule is CCC(=O)Nc1ccn([C@H]2C[C@H](OP(OC(=O)C(C)(C)C)O[Si](C)(C)C)[C@@H](COC(c3ccccc3)(c3ccc(OC)cc3)c3ccc(OC)cc3)O2)c(=O)n1. The zero-order valence-electron chi connectivity index (χ0n) is 33.4. The summed E-state index contributed by atoms with van der Waals surface area (Å²) in [4.78, 5) is 42.7. The number of carbonyl (C=O) groups is 2. The second kappa shape index (κ2) is 18.2. The molecule has 4 atom stereocenters. The van der Waals surface area contributed by atoms with Crippen LogP contribution in [-0.4, -0.2) is 62.8 Å². The molecule has 1 N–H and O–H groups in total. The Labute approximate surface area is 330 Å². The summed E-state index contributed by atoms with van der Waals surface area (Å²) in [5.41, 5.74) is -0.147. The predicted molar refractivity (Wildman–Crippen MR) is 216 cm³/mol. The lowest BCUT2D eigenvalue weighted by atomic mass is 9.80. The number of carbonyl (C=O) groups excluding carboxylic acids is 2. The number of methoxy groups -OCH3 is 2. The number of nitrogens with one attached hydrogen (secondary N) is 1. The molecule has 1 aliphatic rings. The van der Waals surface area contributed by atoms with Crippen molar-refractivity contribution in [3.8, 4) is 11.5 Å². The molecule has 4 aromatic rings. The van der Waals surface area contributed by atoms with Crippen molar-refractivity contribution < 1.29 is 41.8 Å². The monoisotopic (exact) mass is 805 g/mol. The Kier molecular flexibility index (Phi) is 13.9. The molecule has 1 aromatic heterocycles. The van der Waals surface area contributed by atoms with E-state index in [1.807, 2.05) is 98.5 Å². The standard InChI is InChI=1S/C41H52N3O10PSi/c1-10-36(45)42-35-24-25-44(39(47)43-35)37-26-33(52-55(54-56(7,8)9)53-38(46)40(2,3)4)34(51-37)27-50-41(28-14-12-11-13-15-28,29-16-20-31(48-5)21-17-29)30-18-22-32(49-6)23-19-30/h11-25,33-34,37H,10,26-27H2,1-9H3,(H,42,43,45,47)/t33-,34+,37+,55?/m0/s1. The fraction of sp³-hybridized carbons (Fsp3) is 0.415. The molecule has 0 aliphatic carbocycles. The van der Waals surface area contributed by atoms with Gasteiger partial charge in [-0.25, -0.2) is 4.79 Å². The number of aromatic nitrogens is 2. The number of anilines is 1. The van der Waals surface area contributed by atoms with E-state index in [0.717, 1.165) is 16.7 Å². The molecule has 1 amide bonds. The van der Waals surface area contributed by atoms with Gasteiger partial charge in [-0.15, -0.1) is 0 Å². The first-order valence-corrected chi connectivity index (χ1v) is 23.0. The third kappa shape index (κ3) is 10.5. The molecule has 1 fully saturated rings. The van der Waals surface area contributed by atoms with Crippen LogP contribution in [0.15, 0.2) is 95.9 Å². The second-order valence-electron chi connectivity index (χ2n) is 15.3. The zero-order valence-corrected chi connectivity index (χ0v) is 35.3. The van der Waals surface area contributed by atoms with E-state index in [9.17, 15) is 14.4 Å². The van der Waals surface area contributed by atoms with Gasteiger partial charge in [0.25, 0.3) is 0 Å². The number of hydrogen-bond donors (Lipinski definition) is 1. The van der Waals surface area contributed by atoms with Crippen molar-refractivity contribution in [1.82, 2.24) is 9.55 Å². The molecule has 0 bridgehead atoms. The lowest BCUT2D eigenvalue weighted by molar-refractivity contribution is -0.144. The van der Waals surface area contributed by atoms with Crippen molar-refractivity contribution in [1.29, 1.82) is 0 Å². The summed E-state index contributed by atoms with van der Waals surface area (Å²) < 4.78 is 45.0. The molecular formula is C41H52N3O10PSi. The first-order chi connectivity index (χ1) is 26.6. The summed E-state index contributed by atoms with van der Waals surface area (Å²) in [5, 5.41) is 2.62. The minimum absolute atomic E-state index is 0.0374. The van der Waals surface area contributed by atoms with Gasteiger partial charge in [0.1, 0.15) is 41.4 Å². The van der Waals surface area contributed by atoms with E-state index in [2.05, 4.69) is 10.3 Å². The van der Waals surface area contributed by atoms with Gasteiger partial charge >= 0.3 is 20.3 Å². The smallest absolute Gasteiger partial charge is 0.388 e. The van der Waals surface area contributed by atoms with Crippen molar-refractivity contribution in [2.45, 2.75) is 84.2 Å². The lowest BCUT2D eigenvalue weighted by Gasteiger charge is -2.37. The van der Waals surface area contributed by atoms with E-state index in [1.54, 1.807) is 41.9 Å². The van der Waals surface area contributed by atoms with Gasteiger partial charge in [-0.2, -0.15) is 4.98 Å². The second-order valence-corrected chi connectivity index (χ2v) is 21.1. The van der Waals surface area contributed by atoms with Crippen molar-refractivity contribution >= 4 is 34.6 Å². The van der Waals surface area contributed by atoms with Crippen molar-refractivity contribution in [2.24, 2.45) is 5.41 Å². The minimum atomic E-state index is -2.32. The van der Waals surface area contributed by atoms with Gasteiger partial charge in [-0.3, -0.25) is 18.7 Å². The third-order valence-electron chi connectivity index (χ3n) is 8.89. The normalized spacial score (nSPS) is 17.9. The summed E-state index contributed by atoms with van der Waals surface area (Å²) in [6.07, 6.45) is -0.483. The fourth-order valence-electron chi connectivity index (χ4n) is 5.95. The maximum absolute atomic E-state index is 13.4. The van der Waals surface area contributed by atoms with E-state index in [1.165, 1.54) is 16.8 Å². The zero-order chi connectivity index (χ0) is 40.7. The average Bonchev–Trinajstić information content (AvgIpc) is 3.56. The van der Waals surface area contributed by atoms with Crippen LogP contribution in [0.5, 0.6) is 11.5 Å². The summed E-state index contributed by atoms with van der Waals surface area (Å²) in [5.74, 6) is 0.754. The highest BCUT2D eigenvalue weighted by Gasteiger charge is 2.45. The van der Waals surface area contributed by atoms with Crippen molar-refractivity contribution in [3.05, 3.63) is 118 Å². The molecule has 15 heteroatoms. The van der Waals surface area contributed by atoms with Crippen LogP contribution in [0.3, 0.4) is 0 Å². The Morgan fingerprint density at radius 3 is 1.96 bits per heavy atom. The largest absolute Gasteiger partial charge is 0.497 e. The van der Waals surface area contributed by atoms with Crippen molar-refractivity contribution in [2.75, 3.05) is 26.1 Å². The van der Waals surface area contributed by atoms with E-state index < -0.39 is 58.0 Å². The average molecular weight is 806 g/mol. The lowest BCUT2D eigenvalue weighted by Crippen LogP contribution is -2.38. The number of benzene rings is 3. The fourth-order valence-corrected chi connectivity index (χ4v) is 8.95. The van der Waals surface area contributed by atoms with Crippen LogP contribution in [0.2, 0.25) is 19.6 Å². The summed E-state index contributed by atoms with van der Waals surface area (Å²) >= 11 is 0. The van der Waals surface area contributed by atoms with Gasteiger partial charge in [-0.05, 0) is 87.4 Å². The Bertz CT molecular complexity index is 1940. The molecule has 5 rings (SSSR count). The van der Waals surface area contributed by atoms with Crippen LogP contribution in [0, 0.1) is 5.41 Å². The minimum Gasteiger partial charge on any atom is -0.497 e. The Hall–Kier alpha value is -4.43. The summed E-state index contributed by atoms with van der Waals surface area (Å²) in [6, 6.07) is 26.7. The molecule has 0 saturated carbocycles. The molecule has 300 valence electrons. The first kappa shape index (κ1) is 42.7. The Morgan fingerprint density at radius 1 is 0.893 bits per heavy atom. The number of amides is 1. The van der Waals surface area contributed by atoms with Crippen molar-refractivity contribution in [3.63, 3.8) is 0 Å². The third-order valence-corrected chi connectivity index (χ3v) is 12.4. The molecule has 3 aromatic carbocycles. The molecule has 1 saturated heterocycles. The van der Waals surface area contributed by atoms with Crippen LogP contribution in [0.25, 0.3) is 0 Å². The van der Waals surface area contributed by atoms with Gasteiger partial charge in [0, 0.05) is 19.0 Å². The molecule has 2 heterocycles. The van der Waals surface area contributed by atoms with Crippen LogP contribution < -0.4 is 20.5 Å². The van der Waals surface area contributed by atoms with E-state index >= 15 is 0 Å². The molecule has 13 nitrogen and oxygen atoms in total. The van der Waals surface area contributed by atoms with Gasteiger partial charge < -0.3 is 33.0 Å². The van der Waals surface area contributed by atoms with Gasteiger partial charge in [-0.1, -0.05) is 61.5 Å². The van der Waals surface area contributed by atoms with Crippen LogP contribution in [0.1, 0.15) is 63.5 Å². The number of nitrogens with zero attached hydrogens (tertiary/aromatic N) is 2. The molecule has 1 unspecified atom stereocenters. The molecule has 1 aliphatic heterocycles. The van der Waals surface area contributed by atoms with E-state index in [0.29, 0.717) is 11.5 Å². The highest BCUT2D eigenvalue weighted by molar-refractivity contribution is 7.44. The predicted octanol–water partition coefficient (Wildman–Crippen LogP) is 7.96. The van der Waals surface area contributed by atoms with E-state index in [4.69, 9.17) is 32.2 Å². The highest BCUT2D eigenvalue weighted by atomic mass is 31.2. The van der Waals surface area contributed by atoms with Gasteiger partial charge in [0.05, 0.1) is 26.2 Å². The molecule has 0 radical (unpaired) electrons. The summed E-state index contributed by atoms with van der Waals surface area (Å²) in [6.45, 7) is 12.9. The Morgan fingerprint density at radius 2 is 1.46 bits per heavy atom. The molecule has 56 heavy (non-hydrogen) atoms. The number of hydrogen-bond acceptors (Lipinski definition) is 11. The quantitative estimate of drug-likeness (QED) is 0.0669. The number of rotatable bonds is 16. The molecule has 0 spiro atoms. The van der Waals surface area contributed by atoms with Gasteiger partial charge in [0.15, 0.2) is 8.32 Å². The van der Waals surface area contributed by atoms with Gasteiger partial charge in [0.2, 0.25) is 5.91 Å². The van der Waals surface area contributed by atoms with Crippen LogP contribution >= 0.6 is 8.60 Å². The topological polar surface area (TPSA) is 146 Å². The van der Waals surface area contributed by atoms with E-state index in [-0.39, 0.29) is 31.2 Å². The maximum Gasteiger partial charge on any atom is 0.388 e. The Balaban J connectivity index is 1.58. The summed E-state index contributed by atoms with van der Waals surface area (Å²) in [7, 11) is -1.27. The molecular weight excluding hydrogens is 754 g/mol. The number of ether oxygens (including phenoxy) is 4. The van der Waals surface area contributed by atoms with Crippen LogP contribution in [0.4, 0.5) is 5.82 Å².